The van der Waals surface area contributed by atoms with Gasteiger partial charge in [0.2, 0.25) is 0 Å². The van der Waals surface area contributed by atoms with Gasteiger partial charge < -0.3 is 19.5 Å². The van der Waals surface area contributed by atoms with E-state index in [1.54, 1.807) is 53.4 Å². The molecular weight excluding hydrogens is 468 g/mol. The topological polar surface area (TPSA) is 79.3 Å². The molecule has 1 amide bonds. The van der Waals surface area contributed by atoms with Crippen LogP contribution in [0.15, 0.2) is 54.1 Å². The number of amides is 1. The Bertz CT molecular complexity index is 1060. The SMILES string of the molecule is CCCCOc1ccc(/C(O)=C2\C(=O)C(=O)N(CCN3CCOCC3)C2c2ccc(Cl)cc2)cc1. The maximum Gasteiger partial charge on any atom is 0.295 e. The molecule has 35 heavy (non-hydrogen) atoms. The van der Waals surface area contributed by atoms with Crippen molar-refractivity contribution in [1.82, 2.24) is 9.80 Å². The van der Waals surface area contributed by atoms with E-state index in [1.807, 2.05) is 0 Å². The van der Waals surface area contributed by atoms with Crippen molar-refractivity contribution in [2.24, 2.45) is 0 Å². The van der Waals surface area contributed by atoms with Crippen molar-refractivity contribution in [2.75, 3.05) is 46.0 Å². The van der Waals surface area contributed by atoms with E-state index in [4.69, 9.17) is 21.1 Å². The Labute approximate surface area is 210 Å². The van der Waals surface area contributed by atoms with Gasteiger partial charge >= 0.3 is 0 Å². The Kier molecular flexibility index (Phi) is 8.44. The van der Waals surface area contributed by atoms with Crippen LogP contribution in [0.4, 0.5) is 0 Å². The molecule has 2 aliphatic rings. The molecule has 2 aliphatic heterocycles. The van der Waals surface area contributed by atoms with Gasteiger partial charge in [0, 0.05) is 36.8 Å². The first kappa shape index (κ1) is 25.2. The molecule has 8 heteroatoms. The molecule has 2 saturated heterocycles. The van der Waals surface area contributed by atoms with Crippen molar-refractivity contribution in [3.63, 3.8) is 0 Å². The third-order valence-corrected chi connectivity index (χ3v) is 6.63. The molecule has 2 fully saturated rings. The maximum atomic E-state index is 13.2. The van der Waals surface area contributed by atoms with Gasteiger partial charge in [-0.3, -0.25) is 14.5 Å². The molecule has 0 aromatic heterocycles. The second kappa shape index (κ2) is 11.7. The largest absolute Gasteiger partial charge is 0.507 e. The normalized spacial score (nSPS) is 20.4. The summed E-state index contributed by atoms with van der Waals surface area (Å²) in [5, 5.41) is 11.8. The molecule has 0 aliphatic carbocycles. The average molecular weight is 499 g/mol. The summed E-state index contributed by atoms with van der Waals surface area (Å²) in [5.74, 6) is -0.806. The van der Waals surface area contributed by atoms with E-state index in [9.17, 15) is 14.7 Å². The lowest BCUT2D eigenvalue weighted by atomic mass is 9.95. The average Bonchev–Trinajstić information content (AvgIpc) is 3.13. The van der Waals surface area contributed by atoms with Gasteiger partial charge in [0.15, 0.2) is 0 Å². The summed E-state index contributed by atoms with van der Waals surface area (Å²) in [4.78, 5) is 30.1. The number of rotatable bonds is 9. The van der Waals surface area contributed by atoms with Crippen molar-refractivity contribution >= 4 is 29.1 Å². The molecule has 1 atom stereocenters. The minimum Gasteiger partial charge on any atom is -0.507 e. The summed E-state index contributed by atoms with van der Waals surface area (Å²) in [6.45, 7) is 6.55. The highest BCUT2D eigenvalue weighted by molar-refractivity contribution is 6.46. The summed E-state index contributed by atoms with van der Waals surface area (Å²) in [7, 11) is 0. The highest BCUT2D eigenvalue weighted by Gasteiger charge is 2.46. The molecule has 2 heterocycles. The number of carbonyl (C=O) groups excluding carboxylic acids is 2. The second-order valence-corrected chi connectivity index (χ2v) is 9.16. The number of aliphatic hydroxyl groups excluding tert-OH is 1. The van der Waals surface area contributed by atoms with Crippen molar-refractivity contribution in [3.05, 3.63) is 70.3 Å². The van der Waals surface area contributed by atoms with E-state index < -0.39 is 17.7 Å². The van der Waals surface area contributed by atoms with Crippen molar-refractivity contribution in [1.29, 1.82) is 0 Å². The highest BCUT2D eigenvalue weighted by Crippen LogP contribution is 2.39. The van der Waals surface area contributed by atoms with Gasteiger partial charge in [0.1, 0.15) is 11.5 Å². The minimum absolute atomic E-state index is 0.0824. The maximum absolute atomic E-state index is 13.2. The number of ketones is 1. The zero-order valence-corrected chi connectivity index (χ0v) is 20.7. The highest BCUT2D eigenvalue weighted by atomic mass is 35.5. The summed E-state index contributed by atoms with van der Waals surface area (Å²) < 4.78 is 11.1. The van der Waals surface area contributed by atoms with E-state index in [-0.39, 0.29) is 11.3 Å². The van der Waals surface area contributed by atoms with E-state index in [2.05, 4.69) is 11.8 Å². The summed E-state index contributed by atoms with van der Waals surface area (Å²) in [6, 6.07) is 13.3. The minimum atomic E-state index is -0.700. The number of carbonyl (C=O) groups is 2. The molecule has 0 bridgehead atoms. The molecule has 2 aromatic rings. The molecule has 2 aromatic carbocycles. The Hall–Kier alpha value is -2.87. The predicted octanol–water partition coefficient (Wildman–Crippen LogP) is 4.27. The van der Waals surface area contributed by atoms with Crippen molar-refractivity contribution in [3.8, 4) is 5.75 Å². The molecule has 0 spiro atoms. The molecular formula is C27H31ClN2O5. The molecule has 186 valence electrons. The van der Waals surface area contributed by atoms with Crippen LogP contribution in [0.5, 0.6) is 5.75 Å². The van der Waals surface area contributed by atoms with Crippen LogP contribution in [-0.4, -0.2) is 72.6 Å². The Morgan fingerprint density at radius 2 is 1.74 bits per heavy atom. The van der Waals surface area contributed by atoms with Crippen LogP contribution in [0.25, 0.3) is 5.76 Å². The monoisotopic (exact) mass is 498 g/mol. The van der Waals surface area contributed by atoms with E-state index in [1.165, 1.54) is 0 Å². The van der Waals surface area contributed by atoms with Crippen LogP contribution in [0.1, 0.15) is 36.9 Å². The number of morpholine rings is 1. The van der Waals surface area contributed by atoms with Gasteiger partial charge in [-0.05, 0) is 48.4 Å². The smallest absolute Gasteiger partial charge is 0.295 e. The number of hydrogen-bond acceptors (Lipinski definition) is 6. The van der Waals surface area contributed by atoms with E-state index in [0.717, 1.165) is 31.5 Å². The van der Waals surface area contributed by atoms with Gasteiger partial charge in [-0.2, -0.15) is 0 Å². The fourth-order valence-electron chi connectivity index (χ4n) is 4.38. The number of halogens is 1. The van der Waals surface area contributed by atoms with Gasteiger partial charge in [-0.1, -0.05) is 37.1 Å². The molecule has 0 radical (unpaired) electrons. The van der Waals surface area contributed by atoms with Crippen LogP contribution in [0, 0.1) is 0 Å². The molecule has 1 N–H and O–H groups in total. The van der Waals surface area contributed by atoms with Crippen LogP contribution >= 0.6 is 11.6 Å². The van der Waals surface area contributed by atoms with Crippen LogP contribution in [-0.2, 0) is 14.3 Å². The zero-order chi connectivity index (χ0) is 24.8. The molecule has 0 saturated carbocycles. The zero-order valence-electron chi connectivity index (χ0n) is 19.9. The predicted molar refractivity (Wildman–Crippen MR) is 135 cm³/mol. The van der Waals surface area contributed by atoms with Gasteiger partial charge in [-0.15, -0.1) is 0 Å². The van der Waals surface area contributed by atoms with Crippen molar-refractivity contribution < 1.29 is 24.2 Å². The Morgan fingerprint density at radius 3 is 2.40 bits per heavy atom. The number of hydrogen-bond donors (Lipinski definition) is 1. The standard InChI is InChI=1S/C27H31ClN2O5/c1-2-3-16-35-22-10-6-20(7-11-22)25(31)23-24(19-4-8-21(28)9-5-19)30(27(33)26(23)32)13-12-29-14-17-34-18-15-29/h4-11,24,31H,2-3,12-18H2,1H3/b25-23+. The molecule has 4 rings (SSSR count). The lowest BCUT2D eigenvalue weighted by molar-refractivity contribution is -0.140. The summed E-state index contributed by atoms with van der Waals surface area (Å²) in [6.07, 6.45) is 1.99. The summed E-state index contributed by atoms with van der Waals surface area (Å²) >= 11 is 6.09. The van der Waals surface area contributed by atoms with Crippen LogP contribution in [0.2, 0.25) is 5.02 Å². The molecule has 1 unspecified atom stereocenters. The first-order valence-corrected chi connectivity index (χ1v) is 12.4. The number of likely N-dealkylation sites (tertiary alicyclic amines) is 1. The van der Waals surface area contributed by atoms with Crippen molar-refractivity contribution in [2.45, 2.75) is 25.8 Å². The number of ether oxygens (including phenoxy) is 2. The lowest BCUT2D eigenvalue weighted by Crippen LogP contribution is -2.42. The fraction of sp³-hybridized carbons (Fsp3) is 0.407. The number of aliphatic hydroxyl groups is 1. The third kappa shape index (κ3) is 5.86. The first-order chi connectivity index (χ1) is 17.0. The Morgan fingerprint density at radius 1 is 1.06 bits per heavy atom. The van der Waals surface area contributed by atoms with Gasteiger partial charge in [0.25, 0.3) is 11.7 Å². The second-order valence-electron chi connectivity index (χ2n) is 8.72. The van der Waals surface area contributed by atoms with Gasteiger partial charge in [-0.25, -0.2) is 0 Å². The fourth-order valence-corrected chi connectivity index (χ4v) is 4.50. The lowest BCUT2D eigenvalue weighted by Gasteiger charge is -2.31. The quantitative estimate of drug-likeness (QED) is 0.241. The Balaban J connectivity index is 1.65. The number of Topliss-reactive ketones (excluding diaryl/α,β-unsaturated/α-hetero) is 1. The number of benzene rings is 2. The van der Waals surface area contributed by atoms with E-state index in [0.29, 0.717) is 49.2 Å². The van der Waals surface area contributed by atoms with Crippen LogP contribution < -0.4 is 4.74 Å². The van der Waals surface area contributed by atoms with Gasteiger partial charge in [0.05, 0.1) is 31.4 Å². The molecule has 7 nitrogen and oxygen atoms in total. The third-order valence-electron chi connectivity index (χ3n) is 6.38. The first-order valence-electron chi connectivity index (χ1n) is 12.1. The number of nitrogens with zero attached hydrogens (tertiary/aromatic N) is 2. The summed E-state index contributed by atoms with van der Waals surface area (Å²) in [5.41, 5.74) is 1.26. The van der Waals surface area contributed by atoms with E-state index >= 15 is 0 Å². The van der Waals surface area contributed by atoms with Crippen LogP contribution in [0.3, 0.4) is 0 Å². The number of unbranched alkanes of at least 4 members (excludes halogenated alkanes) is 1.